The van der Waals surface area contributed by atoms with Crippen LogP contribution in [0.2, 0.25) is 0 Å². The largest absolute Gasteiger partial charge is 0.480 e. The number of nitrogens with zero attached hydrogens (tertiary/aromatic N) is 1. The molecule has 1 rings (SSSR count). The number of rotatable bonds is 5. The SMILES string of the molecule is CCN(CC(=O)O)CC1CCC(C)O1. The van der Waals surface area contributed by atoms with E-state index in [4.69, 9.17) is 9.84 Å². The molecule has 1 heterocycles. The van der Waals surface area contributed by atoms with Crippen LogP contribution in [0.3, 0.4) is 0 Å². The molecule has 14 heavy (non-hydrogen) atoms. The molecule has 4 heteroatoms. The van der Waals surface area contributed by atoms with Gasteiger partial charge in [0.05, 0.1) is 18.8 Å². The molecule has 0 aliphatic carbocycles. The maximum atomic E-state index is 10.5. The third kappa shape index (κ3) is 3.64. The van der Waals surface area contributed by atoms with Gasteiger partial charge in [-0.25, -0.2) is 0 Å². The fraction of sp³-hybridized carbons (Fsp3) is 0.900. The summed E-state index contributed by atoms with van der Waals surface area (Å²) in [5.41, 5.74) is 0. The van der Waals surface area contributed by atoms with E-state index in [9.17, 15) is 4.79 Å². The Labute approximate surface area is 84.8 Å². The zero-order chi connectivity index (χ0) is 10.6. The highest BCUT2D eigenvalue weighted by Crippen LogP contribution is 2.19. The van der Waals surface area contributed by atoms with E-state index in [1.165, 1.54) is 0 Å². The molecule has 0 radical (unpaired) electrons. The van der Waals surface area contributed by atoms with Gasteiger partial charge >= 0.3 is 5.97 Å². The molecule has 82 valence electrons. The Morgan fingerprint density at radius 3 is 2.71 bits per heavy atom. The molecule has 0 aromatic carbocycles. The molecule has 4 nitrogen and oxygen atoms in total. The van der Waals surface area contributed by atoms with E-state index in [1.54, 1.807) is 0 Å². The van der Waals surface area contributed by atoms with Gasteiger partial charge < -0.3 is 9.84 Å². The minimum atomic E-state index is -0.766. The van der Waals surface area contributed by atoms with Gasteiger partial charge in [-0.3, -0.25) is 9.69 Å². The predicted octanol–water partition coefficient (Wildman–Crippen LogP) is 0.960. The normalized spacial score (nSPS) is 27.1. The zero-order valence-electron chi connectivity index (χ0n) is 8.90. The molecule has 0 saturated carbocycles. The summed E-state index contributed by atoms with van der Waals surface area (Å²) >= 11 is 0. The Balaban J connectivity index is 2.29. The first kappa shape index (κ1) is 11.5. The summed E-state index contributed by atoms with van der Waals surface area (Å²) in [6, 6.07) is 0. The molecule has 1 fully saturated rings. The van der Waals surface area contributed by atoms with Crippen LogP contribution in [0.5, 0.6) is 0 Å². The van der Waals surface area contributed by atoms with E-state index in [0.29, 0.717) is 6.10 Å². The van der Waals surface area contributed by atoms with Gasteiger partial charge in [0.25, 0.3) is 0 Å². The highest BCUT2D eigenvalue weighted by atomic mass is 16.5. The molecule has 0 bridgehead atoms. The summed E-state index contributed by atoms with van der Waals surface area (Å²) in [6.45, 7) is 5.66. The van der Waals surface area contributed by atoms with Crippen molar-refractivity contribution in [3.63, 3.8) is 0 Å². The molecule has 0 amide bonds. The van der Waals surface area contributed by atoms with Crippen molar-refractivity contribution in [1.29, 1.82) is 0 Å². The van der Waals surface area contributed by atoms with Crippen molar-refractivity contribution in [2.75, 3.05) is 19.6 Å². The third-order valence-electron chi connectivity index (χ3n) is 2.59. The average molecular weight is 201 g/mol. The minimum Gasteiger partial charge on any atom is -0.480 e. The lowest BCUT2D eigenvalue weighted by atomic mass is 10.2. The fourth-order valence-corrected chi connectivity index (χ4v) is 1.80. The van der Waals surface area contributed by atoms with Crippen molar-refractivity contribution < 1.29 is 14.6 Å². The smallest absolute Gasteiger partial charge is 0.317 e. The zero-order valence-corrected chi connectivity index (χ0v) is 8.90. The van der Waals surface area contributed by atoms with E-state index >= 15 is 0 Å². The van der Waals surface area contributed by atoms with Crippen molar-refractivity contribution in [1.82, 2.24) is 4.90 Å². The molecule has 0 aromatic heterocycles. The lowest BCUT2D eigenvalue weighted by Gasteiger charge is -2.21. The van der Waals surface area contributed by atoms with Crippen molar-refractivity contribution >= 4 is 5.97 Å². The molecule has 0 aromatic rings. The van der Waals surface area contributed by atoms with Crippen LogP contribution in [0.15, 0.2) is 0 Å². The quantitative estimate of drug-likeness (QED) is 0.719. The second-order valence-corrected chi connectivity index (χ2v) is 3.87. The van der Waals surface area contributed by atoms with E-state index in [1.807, 2.05) is 11.8 Å². The van der Waals surface area contributed by atoms with Gasteiger partial charge in [0.1, 0.15) is 0 Å². The lowest BCUT2D eigenvalue weighted by molar-refractivity contribution is -0.138. The summed E-state index contributed by atoms with van der Waals surface area (Å²) < 4.78 is 5.64. The van der Waals surface area contributed by atoms with Gasteiger partial charge in [-0.2, -0.15) is 0 Å². The monoisotopic (exact) mass is 201 g/mol. The van der Waals surface area contributed by atoms with Crippen molar-refractivity contribution in [2.24, 2.45) is 0 Å². The van der Waals surface area contributed by atoms with Crippen molar-refractivity contribution in [2.45, 2.75) is 38.9 Å². The van der Waals surface area contributed by atoms with Crippen LogP contribution in [0.4, 0.5) is 0 Å². The van der Waals surface area contributed by atoms with Gasteiger partial charge in [0.15, 0.2) is 0 Å². The van der Waals surface area contributed by atoms with E-state index in [-0.39, 0.29) is 12.6 Å². The minimum absolute atomic E-state index is 0.116. The first-order valence-corrected chi connectivity index (χ1v) is 5.21. The molecule has 1 aliphatic heterocycles. The van der Waals surface area contributed by atoms with E-state index < -0.39 is 5.97 Å². The van der Waals surface area contributed by atoms with Crippen molar-refractivity contribution in [3.8, 4) is 0 Å². The van der Waals surface area contributed by atoms with Crippen LogP contribution < -0.4 is 0 Å². The van der Waals surface area contributed by atoms with Crippen LogP contribution in [-0.4, -0.2) is 47.8 Å². The number of hydrogen-bond donors (Lipinski definition) is 1. The average Bonchev–Trinajstić information content (AvgIpc) is 2.49. The van der Waals surface area contributed by atoms with Gasteiger partial charge in [-0.15, -0.1) is 0 Å². The Morgan fingerprint density at radius 1 is 1.57 bits per heavy atom. The Morgan fingerprint density at radius 2 is 2.29 bits per heavy atom. The lowest BCUT2D eigenvalue weighted by Crippen LogP contribution is -2.36. The maximum absolute atomic E-state index is 10.5. The Kier molecular flexibility index (Phi) is 4.35. The topological polar surface area (TPSA) is 49.8 Å². The predicted molar refractivity (Wildman–Crippen MR) is 53.3 cm³/mol. The summed E-state index contributed by atoms with van der Waals surface area (Å²) in [5.74, 6) is -0.766. The first-order valence-electron chi connectivity index (χ1n) is 5.21. The van der Waals surface area contributed by atoms with Crippen LogP contribution >= 0.6 is 0 Å². The molecule has 2 atom stereocenters. The summed E-state index contributed by atoms with van der Waals surface area (Å²) in [5, 5.41) is 8.66. The third-order valence-corrected chi connectivity index (χ3v) is 2.59. The molecule has 2 unspecified atom stereocenters. The number of carboxylic acid groups (broad SMARTS) is 1. The number of likely N-dealkylation sites (N-methyl/N-ethyl adjacent to an activating group) is 1. The summed E-state index contributed by atoms with van der Waals surface area (Å²) in [4.78, 5) is 12.4. The number of hydrogen-bond acceptors (Lipinski definition) is 3. The van der Waals surface area contributed by atoms with Gasteiger partial charge in [0, 0.05) is 6.54 Å². The number of carboxylic acids is 1. The van der Waals surface area contributed by atoms with Crippen LogP contribution in [0.25, 0.3) is 0 Å². The van der Waals surface area contributed by atoms with E-state index in [2.05, 4.69) is 6.92 Å². The molecule has 0 spiro atoms. The number of carbonyl (C=O) groups is 1. The second-order valence-electron chi connectivity index (χ2n) is 3.87. The fourth-order valence-electron chi connectivity index (χ4n) is 1.80. The number of ether oxygens (including phenoxy) is 1. The van der Waals surface area contributed by atoms with Gasteiger partial charge in [-0.05, 0) is 26.3 Å². The van der Waals surface area contributed by atoms with Gasteiger partial charge in [0.2, 0.25) is 0 Å². The Hall–Kier alpha value is -0.610. The van der Waals surface area contributed by atoms with Crippen LogP contribution in [-0.2, 0) is 9.53 Å². The maximum Gasteiger partial charge on any atom is 0.317 e. The highest BCUT2D eigenvalue weighted by Gasteiger charge is 2.23. The molecular formula is C10H19NO3. The summed E-state index contributed by atoms with van der Waals surface area (Å²) in [7, 11) is 0. The molecule has 1 aliphatic rings. The number of aliphatic carboxylic acids is 1. The Bertz CT molecular complexity index is 196. The van der Waals surface area contributed by atoms with Crippen molar-refractivity contribution in [3.05, 3.63) is 0 Å². The molecular weight excluding hydrogens is 182 g/mol. The molecule has 1 N–H and O–H groups in total. The van der Waals surface area contributed by atoms with E-state index in [0.717, 1.165) is 25.9 Å². The highest BCUT2D eigenvalue weighted by molar-refractivity contribution is 5.69. The van der Waals surface area contributed by atoms with Gasteiger partial charge in [-0.1, -0.05) is 6.92 Å². The second kappa shape index (κ2) is 5.32. The molecule has 1 saturated heterocycles. The standard InChI is InChI=1S/C10H19NO3/c1-3-11(7-10(12)13)6-9-5-4-8(2)14-9/h8-9H,3-7H2,1-2H3,(H,12,13). The van der Waals surface area contributed by atoms with Crippen LogP contribution in [0, 0.1) is 0 Å². The summed E-state index contributed by atoms with van der Waals surface area (Å²) in [6.07, 6.45) is 2.71. The van der Waals surface area contributed by atoms with Crippen LogP contribution in [0.1, 0.15) is 26.7 Å². The first-order chi connectivity index (χ1) is 6.61.